The van der Waals surface area contributed by atoms with Gasteiger partial charge in [-0.05, 0) is 18.6 Å². The van der Waals surface area contributed by atoms with Crippen LogP contribution in [0.1, 0.15) is 18.4 Å². The molecule has 18 heavy (non-hydrogen) atoms. The van der Waals surface area contributed by atoms with Gasteiger partial charge < -0.3 is 14.2 Å². The molecule has 0 atom stereocenters. The predicted molar refractivity (Wildman–Crippen MR) is 68.6 cm³/mol. The molecule has 0 heterocycles. The van der Waals surface area contributed by atoms with Crippen molar-refractivity contribution in [2.24, 2.45) is 0 Å². The molecule has 98 valence electrons. The number of nitrogens with zero attached hydrogens (tertiary/aromatic N) is 1. The summed E-state index contributed by atoms with van der Waals surface area (Å²) in [6.07, 6.45) is 1.72. The molecule has 0 aromatic heterocycles. The van der Waals surface area contributed by atoms with Crippen molar-refractivity contribution < 1.29 is 14.2 Å². The molecule has 0 aliphatic rings. The summed E-state index contributed by atoms with van der Waals surface area (Å²) in [7, 11) is 1.68. The maximum Gasteiger partial charge on any atom is 0.137 e. The van der Waals surface area contributed by atoms with Gasteiger partial charge in [0.25, 0.3) is 0 Å². The highest BCUT2D eigenvalue weighted by molar-refractivity contribution is 5.42. The molecule has 0 radical (unpaired) electrons. The largest absolute Gasteiger partial charge is 0.492 e. The Morgan fingerprint density at radius 2 is 1.78 bits per heavy atom. The molecule has 0 aliphatic heterocycles. The minimum atomic E-state index is 0.559. The molecule has 4 heteroatoms. The van der Waals surface area contributed by atoms with E-state index in [9.17, 15) is 0 Å². The molecular weight excluding hydrogens is 230 g/mol. The van der Waals surface area contributed by atoms with Crippen LogP contribution in [-0.4, -0.2) is 33.5 Å². The summed E-state index contributed by atoms with van der Waals surface area (Å²) in [6.45, 7) is 2.66. The van der Waals surface area contributed by atoms with Crippen molar-refractivity contribution in [2.45, 2.75) is 12.8 Å². The van der Waals surface area contributed by atoms with Crippen LogP contribution in [0.2, 0.25) is 0 Å². The van der Waals surface area contributed by atoms with Crippen LogP contribution >= 0.6 is 0 Å². The van der Waals surface area contributed by atoms with Crippen molar-refractivity contribution in [1.29, 1.82) is 5.26 Å². The van der Waals surface area contributed by atoms with E-state index in [1.807, 2.05) is 12.1 Å². The van der Waals surface area contributed by atoms with E-state index in [0.29, 0.717) is 31.1 Å². The van der Waals surface area contributed by atoms with E-state index in [-0.39, 0.29) is 0 Å². The topological polar surface area (TPSA) is 51.5 Å². The maximum atomic E-state index is 8.88. The first-order valence-electron chi connectivity index (χ1n) is 6.07. The van der Waals surface area contributed by atoms with E-state index < -0.39 is 0 Å². The fourth-order valence-electron chi connectivity index (χ4n) is 1.44. The number of benzene rings is 1. The Bertz CT molecular complexity index is 374. The standard InChI is InChI=1S/C14H19NO3/c1-16-8-4-9-17-10-5-11-18-14-7-3-2-6-13(14)12-15/h2-3,6-7H,4-5,8-11H2,1H3. The van der Waals surface area contributed by atoms with Crippen molar-refractivity contribution >= 4 is 0 Å². The van der Waals surface area contributed by atoms with Crippen molar-refractivity contribution in [3.63, 3.8) is 0 Å². The zero-order valence-electron chi connectivity index (χ0n) is 10.7. The monoisotopic (exact) mass is 249 g/mol. The lowest BCUT2D eigenvalue weighted by molar-refractivity contribution is 0.0940. The second-order valence-electron chi connectivity index (χ2n) is 3.77. The van der Waals surface area contributed by atoms with Crippen LogP contribution in [0.4, 0.5) is 0 Å². The number of rotatable bonds is 9. The first-order valence-corrected chi connectivity index (χ1v) is 6.07. The first kappa shape index (κ1) is 14.5. The van der Waals surface area contributed by atoms with Gasteiger partial charge in [-0.2, -0.15) is 5.26 Å². The lowest BCUT2D eigenvalue weighted by Gasteiger charge is -2.07. The highest BCUT2D eigenvalue weighted by Crippen LogP contribution is 2.16. The zero-order valence-corrected chi connectivity index (χ0v) is 10.7. The zero-order chi connectivity index (χ0) is 13.1. The van der Waals surface area contributed by atoms with Crippen molar-refractivity contribution in [3.05, 3.63) is 29.8 Å². The predicted octanol–water partition coefficient (Wildman–Crippen LogP) is 2.38. The van der Waals surface area contributed by atoms with Gasteiger partial charge in [-0.3, -0.25) is 0 Å². The number of ether oxygens (including phenoxy) is 3. The molecule has 1 rings (SSSR count). The van der Waals surface area contributed by atoms with Crippen LogP contribution in [0.15, 0.2) is 24.3 Å². The highest BCUT2D eigenvalue weighted by Gasteiger charge is 2.00. The normalized spacial score (nSPS) is 10.0. The summed E-state index contributed by atoms with van der Waals surface area (Å²) in [5, 5.41) is 8.88. The molecule has 0 saturated carbocycles. The Kier molecular flexibility index (Phi) is 7.61. The van der Waals surface area contributed by atoms with E-state index in [4.69, 9.17) is 19.5 Å². The number of hydrogen-bond donors (Lipinski definition) is 0. The highest BCUT2D eigenvalue weighted by atomic mass is 16.5. The molecular formula is C14H19NO3. The molecule has 0 amide bonds. The van der Waals surface area contributed by atoms with Crippen LogP contribution < -0.4 is 4.74 Å². The second kappa shape index (κ2) is 9.46. The van der Waals surface area contributed by atoms with Gasteiger partial charge >= 0.3 is 0 Å². The molecule has 0 bridgehead atoms. The number of para-hydroxylation sites is 1. The molecule has 1 aromatic rings. The van der Waals surface area contributed by atoms with Crippen LogP contribution in [0.25, 0.3) is 0 Å². The lowest BCUT2D eigenvalue weighted by Crippen LogP contribution is -2.05. The SMILES string of the molecule is COCCCOCCCOc1ccccc1C#N. The van der Waals surface area contributed by atoms with Gasteiger partial charge in [-0.15, -0.1) is 0 Å². The average molecular weight is 249 g/mol. The lowest BCUT2D eigenvalue weighted by atomic mass is 10.2. The summed E-state index contributed by atoms with van der Waals surface area (Å²) in [5.74, 6) is 0.638. The van der Waals surface area contributed by atoms with Gasteiger partial charge in [-0.25, -0.2) is 0 Å². The Morgan fingerprint density at radius 3 is 2.50 bits per heavy atom. The number of methoxy groups -OCH3 is 1. The number of nitriles is 1. The van der Waals surface area contributed by atoms with E-state index >= 15 is 0 Å². The summed E-state index contributed by atoms with van der Waals surface area (Å²) in [6, 6.07) is 9.33. The molecule has 1 aromatic carbocycles. The van der Waals surface area contributed by atoms with Crippen LogP contribution in [-0.2, 0) is 9.47 Å². The maximum absolute atomic E-state index is 8.88. The summed E-state index contributed by atoms with van der Waals surface area (Å²) >= 11 is 0. The van der Waals surface area contributed by atoms with E-state index in [1.54, 1.807) is 19.2 Å². The van der Waals surface area contributed by atoms with Gasteiger partial charge in [0.05, 0.1) is 12.2 Å². The molecule has 0 fully saturated rings. The van der Waals surface area contributed by atoms with Gasteiger partial charge in [0.15, 0.2) is 0 Å². The van der Waals surface area contributed by atoms with Crippen LogP contribution in [0.3, 0.4) is 0 Å². The van der Waals surface area contributed by atoms with Crippen LogP contribution in [0.5, 0.6) is 5.75 Å². The smallest absolute Gasteiger partial charge is 0.137 e. The van der Waals surface area contributed by atoms with Gasteiger partial charge in [0.1, 0.15) is 11.8 Å². The third-order valence-electron chi connectivity index (χ3n) is 2.34. The molecule has 0 unspecified atom stereocenters. The van der Waals surface area contributed by atoms with E-state index in [0.717, 1.165) is 19.4 Å². The summed E-state index contributed by atoms with van der Waals surface area (Å²) in [5.41, 5.74) is 0.568. The minimum Gasteiger partial charge on any atom is -0.492 e. The Morgan fingerprint density at radius 1 is 1.06 bits per heavy atom. The molecule has 0 saturated heterocycles. The van der Waals surface area contributed by atoms with Crippen molar-refractivity contribution in [2.75, 3.05) is 33.5 Å². The average Bonchev–Trinajstić information content (AvgIpc) is 2.42. The Labute approximate surface area is 108 Å². The quantitative estimate of drug-likeness (QED) is 0.630. The number of hydrogen-bond acceptors (Lipinski definition) is 4. The second-order valence-corrected chi connectivity index (χ2v) is 3.77. The molecule has 0 spiro atoms. The van der Waals surface area contributed by atoms with E-state index in [1.165, 1.54) is 0 Å². The summed E-state index contributed by atoms with van der Waals surface area (Å²) in [4.78, 5) is 0. The first-order chi connectivity index (χ1) is 8.88. The van der Waals surface area contributed by atoms with Gasteiger partial charge in [0.2, 0.25) is 0 Å². The fourth-order valence-corrected chi connectivity index (χ4v) is 1.44. The summed E-state index contributed by atoms with van der Waals surface area (Å²) < 4.78 is 15.9. The molecule has 4 nitrogen and oxygen atoms in total. The minimum absolute atomic E-state index is 0.559. The molecule has 0 N–H and O–H groups in total. The Balaban J connectivity index is 2.09. The van der Waals surface area contributed by atoms with Crippen molar-refractivity contribution in [1.82, 2.24) is 0 Å². The van der Waals surface area contributed by atoms with Crippen molar-refractivity contribution in [3.8, 4) is 11.8 Å². The third kappa shape index (κ3) is 5.67. The van der Waals surface area contributed by atoms with Crippen LogP contribution in [0, 0.1) is 11.3 Å². The third-order valence-corrected chi connectivity index (χ3v) is 2.34. The molecule has 0 aliphatic carbocycles. The fraction of sp³-hybridized carbons (Fsp3) is 0.500. The van der Waals surface area contributed by atoms with Gasteiger partial charge in [0, 0.05) is 33.4 Å². The van der Waals surface area contributed by atoms with Gasteiger partial charge in [-0.1, -0.05) is 12.1 Å². The van der Waals surface area contributed by atoms with E-state index in [2.05, 4.69) is 6.07 Å². The Hall–Kier alpha value is -1.57.